The highest BCUT2D eigenvalue weighted by Crippen LogP contribution is 2.34. The number of hydrogen-bond donors (Lipinski definition) is 2. The Hall–Kier alpha value is -3.00. The lowest BCUT2D eigenvalue weighted by Gasteiger charge is -2.17. The van der Waals surface area contributed by atoms with Crippen LogP contribution in [0.4, 0.5) is 5.69 Å². The lowest BCUT2D eigenvalue weighted by atomic mass is 10.1. The number of benzene rings is 2. The van der Waals surface area contributed by atoms with Crippen molar-refractivity contribution in [1.82, 2.24) is 14.9 Å². The van der Waals surface area contributed by atoms with E-state index in [9.17, 15) is 9.59 Å². The smallest absolute Gasteiger partial charge is 0.260 e. The van der Waals surface area contributed by atoms with Crippen molar-refractivity contribution < 1.29 is 4.79 Å². The highest BCUT2D eigenvalue weighted by molar-refractivity contribution is 7.17. The number of carbonyl (C=O) groups excluding carboxylic acids is 1. The average Bonchev–Trinajstić information content (AvgIpc) is 3.15. The first kappa shape index (κ1) is 23.2. The molecule has 4 rings (SSSR count). The number of halogens is 1. The number of carbonyl (C=O) groups is 1. The van der Waals surface area contributed by atoms with Crippen LogP contribution < -0.4 is 10.9 Å². The zero-order chi connectivity index (χ0) is 23.7. The van der Waals surface area contributed by atoms with Crippen LogP contribution in [0, 0.1) is 20.8 Å². The molecule has 170 valence electrons. The molecule has 0 bridgehead atoms. The standard InChI is InChI=1S/C25H25ClN4O2S/c1-14-9-15(2)23(16(3)10-14)29-21(31)12-30(4)11-20-27-24(32)22-18(13-33-25(22)28-20)17-7-5-6-8-19(17)26/h5-10,13H,11-12H2,1-4H3,(H,29,31)(H,27,28,32). The second-order valence-electron chi connectivity index (χ2n) is 8.32. The third-order valence-electron chi connectivity index (χ3n) is 5.43. The number of rotatable bonds is 6. The normalized spacial score (nSPS) is 11.3. The largest absolute Gasteiger partial charge is 0.324 e. The number of amides is 1. The van der Waals surface area contributed by atoms with E-state index in [0.29, 0.717) is 27.6 Å². The van der Waals surface area contributed by atoms with Crippen molar-refractivity contribution >= 4 is 44.7 Å². The second-order valence-corrected chi connectivity index (χ2v) is 9.58. The molecular formula is C25H25ClN4O2S. The average molecular weight is 481 g/mol. The summed E-state index contributed by atoms with van der Waals surface area (Å²) in [6.45, 7) is 6.52. The summed E-state index contributed by atoms with van der Waals surface area (Å²) in [6.07, 6.45) is 0. The van der Waals surface area contributed by atoms with Crippen LogP contribution in [0.15, 0.2) is 46.6 Å². The van der Waals surface area contributed by atoms with Crippen LogP contribution in [-0.4, -0.2) is 34.4 Å². The first-order valence-electron chi connectivity index (χ1n) is 10.5. The first-order valence-corrected chi connectivity index (χ1v) is 11.8. The van der Waals surface area contributed by atoms with Crippen LogP contribution in [0.25, 0.3) is 21.3 Å². The van der Waals surface area contributed by atoms with Gasteiger partial charge in [0.25, 0.3) is 5.56 Å². The van der Waals surface area contributed by atoms with Gasteiger partial charge in [-0.2, -0.15) is 0 Å². The molecule has 33 heavy (non-hydrogen) atoms. The van der Waals surface area contributed by atoms with Gasteiger partial charge in [-0.25, -0.2) is 4.98 Å². The Bertz CT molecular complexity index is 1390. The number of nitrogens with one attached hydrogen (secondary N) is 2. The molecule has 0 unspecified atom stereocenters. The van der Waals surface area contributed by atoms with Gasteiger partial charge in [0.05, 0.1) is 18.5 Å². The molecule has 2 heterocycles. The molecule has 4 aromatic rings. The molecule has 0 spiro atoms. The van der Waals surface area contributed by atoms with Gasteiger partial charge < -0.3 is 10.3 Å². The van der Waals surface area contributed by atoms with Gasteiger partial charge >= 0.3 is 0 Å². The van der Waals surface area contributed by atoms with Gasteiger partial charge in [-0.3, -0.25) is 14.5 Å². The minimum absolute atomic E-state index is 0.117. The van der Waals surface area contributed by atoms with E-state index >= 15 is 0 Å². The van der Waals surface area contributed by atoms with E-state index in [4.69, 9.17) is 11.6 Å². The second kappa shape index (κ2) is 9.47. The molecule has 0 aliphatic carbocycles. The third-order valence-corrected chi connectivity index (χ3v) is 6.63. The van der Waals surface area contributed by atoms with Crippen LogP contribution in [0.1, 0.15) is 22.5 Å². The summed E-state index contributed by atoms with van der Waals surface area (Å²) in [6, 6.07) is 11.5. The van der Waals surface area contributed by atoms with E-state index in [0.717, 1.165) is 33.5 Å². The van der Waals surface area contributed by atoms with Gasteiger partial charge in [-0.15, -0.1) is 11.3 Å². The molecule has 1 amide bonds. The number of hydrogen-bond acceptors (Lipinski definition) is 5. The maximum Gasteiger partial charge on any atom is 0.260 e. The lowest BCUT2D eigenvalue weighted by molar-refractivity contribution is -0.117. The van der Waals surface area contributed by atoms with E-state index in [-0.39, 0.29) is 18.0 Å². The van der Waals surface area contributed by atoms with Gasteiger partial charge in [0.15, 0.2) is 0 Å². The highest BCUT2D eigenvalue weighted by Gasteiger charge is 2.16. The number of likely N-dealkylation sites (N-methyl/N-ethyl adjacent to an activating group) is 1. The van der Waals surface area contributed by atoms with Crippen LogP contribution in [0.5, 0.6) is 0 Å². The van der Waals surface area contributed by atoms with Crippen molar-refractivity contribution in [2.24, 2.45) is 0 Å². The molecule has 0 saturated carbocycles. The Balaban J connectivity index is 1.50. The van der Waals surface area contributed by atoms with Crippen molar-refractivity contribution in [3.05, 3.63) is 79.7 Å². The van der Waals surface area contributed by atoms with E-state index in [1.807, 2.05) is 68.4 Å². The Morgan fingerprint density at radius 3 is 2.55 bits per heavy atom. The number of aryl methyl sites for hydroxylation is 3. The SMILES string of the molecule is Cc1cc(C)c(NC(=O)CN(C)Cc2nc3scc(-c4ccccc4Cl)c3c(=O)[nH]2)c(C)c1. The molecule has 0 aliphatic heterocycles. The molecule has 2 aromatic heterocycles. The number of nitrogens with zero attached hydrogens (tertiary/aromatic N) is 2. The first-order chi connectivity index (χ1) is 15.7. The van der Waals surface area contributed by atoms with E-state index in [1.54, 1.807) is 6.07 Å². The van der Waals surface area contributed by atoms with Crippen LogP contribution >= 0.6 is 22.9 Å². The van der Waals surface area contributed by atoms with Gasteiger partial charge in [0, 0.05) is 27.2 Å². The molecule has 0 atom stereocenters. The van der Waals surface area contributed by atoms with Crippen molar-refractivity contribution in [3.63, 3.8) is 0 Å². The van der Waals surface area contributed by atoms with Crippen molar-refractivity contribution in [2.75, 3.05) is 18.9 Å². The molecule has 0 radical (unpaired) electrons. The highest BCUT2D eigenvalue weighted by atomic mass is 35.5. The maximum absolute atomic E-state index is 12.9. The number of aromatic amines is 1. The molecule has 0 aliphatic rings. The van der Waals surface area contributed by atoms with Crippen molar-refractivity contribution in [2.45, 2.75) is 27.3 Å². The summed E-state index contributed by atoms with van der Waals surface area (Å²) in [5.74, 6) is 0.395. The quantitative estimate of drug-likeness (QED) is 0.392. The Morgan fingerprint density at radius 2 is 1.85 bits per heavy atom. The number of aromatic nitrogens is 2. The summed E-state index contributed by atoms with van der Waals surface area (Å²) in [5.41, 5.74) is 5.45. The Labute approximate surface area is 201 Å². The van der Waals surface area contributed by atoms with E-state index in [2.05, 4.69) is 15.3 Å². The predicted octanol–water partition coefficient (Wildman–Crippen LogP) is 5.30. The van der Waals surface area contributed by atoms with Gasteiger partial charge in [-0.05, 0) is 45.0 Å². The topological polar surface area (TPSA) is 78.1 Å². The van der Waals surface area contributed by atoms with Crippen LogP contribution in [-0.2, 0) is 11.3 Å². The summed E-state index contributed by atoms with van der Waals surface area (Å²) in [7, 11) is 1.82. The number of H-pyrrole nitrogens is 1. The monoisotopic (exact) mass is 480 g/mol. The van der Waals surface area contributed by atoms with E-state index in [1.165, 1.54) is 11.3 Å². The predicted molar refractivity (Wildman–Crippen MR) is 136 cm³/mol. The Morgan fingerprint density at radius 1 is 1.15 bits per heavy atom. The Kier molecular flexibility index (Phi) is 6.65. The van der Waals surface area contributed by atoms with Crippen LogP contribution in [0.2, 0.25) is 5.02 Å². The van der Waals surface area contributed by atoms with Crippen molar-refractivity contribution in [1.29, 1.82) is 0 Å². The minimum Gasteiger partial charge on any atom is -0.324 e. The fourth-order valence-corrected chi connectivity index (χ4v) is 5.25. The maximum atomic E-state index is 12.9. The minimum atomic E-state index is -0.213. The van der Waals surface area contributed by atoms with Crippen LogP contribution in [0.3, 0.4) is 0 Å². The molecule has 2 N–H and O–H groups in total. The summed E-state index contributed by atoms with van der Waals surface area (Å²) in [4.78, 5) is 35.5. The van der Waals surface area contributed by atoms with E-state index < -0.39 is 0 Å². The summed E-state index contributed by atoms with van der Waals surface area (Å²) in [5, 5.41) is 6.03. The zero-order valence-corrected chi connectivity index (χ0v) is 20.5. The number of fused-ring (bicyclic) bond motifs is 1. The number of anilines is 1. The molecular weight excluding hydrogens is 456 g/mol. The van der Waals surface area contributed by atoms with Gasteiger partial charge in [-0.1, -0.05) is 47.5 Å². The zero-order valence-electron chi connectivity index (χ0n) is 19.0. The van der Waals surface area contributed by atoms with Gasteiger partial charge in [0.2, 0.25) is 5.91 Å². The number of thiophene rings is 1. The lowest BCUT2D eigenvalue weighted by Crippen LogP contribution is -2.31. The molecule has 6 nitrogen and oxygen atoms in total. The summed E-state index contributed by atoms with van der Waals surface area (Å²) < 4.78 is 0. The van der Waals surface area contributed by atoms with Gasteiger partial charge in [0.1, 0.15) is 10.7 Å². The van der Waals surface area contributed by atoms with Crippen molar-refractivity contribution in [3.8, 4) is 11.1 Å². The third kappa shape index (κ3) is 5.00. The fraction of sp³-hybridized carbons (Fsp3) is 0.240. The fourth-order valence-electron chi connectivity index (χ4n) is 4.06. The molecule has 2 aromatic carbocycles. The summed E-state index contributed by atoms with van der Waals surface area (Å²) >= 11 is 7.73. The molecule has 0 saturated heterocycles. The molecule has 8 heteroatoms. The molecule has 0 fully saturated rings.